The summed E-state index contributed by atoms with van der Waals surface area (Å²) < 4.78 is 24.9. The normalized spacial score (nSPS) is 15.5. The molecule has 3 aromatic rings. The average Bonchev–Trinajstić information content (AvgIpc) is 3.09. The fourth-order valence-electron chi connectivity index (χ4n) is 3.74. The second-order valence-corrected chi connectivity index (χ2v) is 7.92. The second-order valence-electron chi connectivity index (χ2n) is 6.92. The van der Waals surface area contributed by atoms with Gasteiger partial charge >= 0.3 is 10.8 Å². The summed E-state index contributed by atoms with van der Waals surface area (Å²) >= 11 is 0.971. The van der Waals surface area contributed by atoms with E-state index in [1.807, 2.05) is 18.2 Å². The van der Waals surface area contributed by atoms with Crippen LogP contribution in [0.4, 0.5) is 15.9 Å². The van der Waals surface area contributed by atoms with Gasteiger partial charge in [-0.2, -0.15) is 0 Å². The monoisotopic (exact) mass is 442 g/mol. The van der Waals surface area contributed by atoms with Gasteiger partial charge in [0.05, 0.1) is 24.8 Å². The largest absolute Gasteiger partial charge is 0.496 e. The summed E-state index contributed by atoms with van der Waals surface area (Å²) in [5.41, 5.74) is 1.17. The minimum absolute atomic E-state index is 0.0862. The molecule has 0 bridgehead atoms. The Morgan fingerprint density at radius 2 is 1.84 bits per heavy atom. The van der Waals surface area contributed by atoms with E-state index in [2.05, 4.69) is 0 Å². The van der Waals surface area contributed by atoms with Crippen LogP contribution in [0.3, 0.4) is 0 Å². The van der Waals surface area contributed by atoms with Gasteiger partial charge in [-0.1, -0.05) is 29.5 Å². The van der Waals surface area contributed by atoms with Crippen molar-refractivity contribution in [2.24, 2.45) is 0 Å². The van der Waals surface area contributed by atoms with Crippen LogP contribution >= 0.6 is 11.3 Å². The maximum Gasteiger partial charge on any atom is 0.325 e. The van der Waals surface area contributed by atoms with E-state index in [1.54, 1.807) is 13.2 Å². The Hall–Kier alpha value is -3.46. The number of aromatic nitrogens is 1. The molecule has 0 N–H and O–H groups in total. The molecule has 0 aliphatic carbocycles. The Labute approximate surface area is 181 Å². The summed E-state index contributed by atoms with van der Waals surface area (Å²) in [4.78, 5) is 39.8. The fourth-order valence-corrected chi connectivity index (χ4v) is 4.84. The second kappa shape index (κ2) is 8.35. The molecule has 1 aromatic heterocycles. The van der Waals surface area contributed by atoms with Crippen LogP contribution in [0.2, 0.25) is 0 Å². The van der Waals surface area contributed by atoms with E-state index in [0.29, 0.717) is 22.1 Å². The Morgan fingerprint density at radius 1 is 1.13 bits per heavy atom. The topological polar surface area (TPSA) is 77.8 Å². The standard InChI is InChI=1S/C22H19FN2O5S/c1-29-17-6-4-3-5-15(17)16-11-18(26)25(14-9-7-13(23)8-10-14)21-20(16)31-22(28)24(21)12-19(27)30-2/h3-10,16H,11-12H2,1-2H3/t16-/m0/s1. The van der Waals surface area contributed by atoms with Crippen LogP contribution < -0.4 is 14.5 Å². The number of carbonyl (C=O) groups is 2. The lowest BCUT2D eigenvalue weighted by Gasteiger charge is -2.33. The summed E-state index contributed by atoms with van der Waals surface area (Å²) in [5, 5.41) is 0. The molecule has 31 heavy (non-hydrogen) atoms. The molecule has 0 saturated heterocycles. The molecule has 0 unspecified atom stereocenters. The van der Waals surface area contributed by atoms with Crippen LogP contribution in [0.1, 0.15) is 22.8 Å². The molecule has 2 heterocycles. The first kappa shape index (κ1) is 20.8. The molecule has 7 nitrogen and oxygen atoms in total. The van der Waals surface area contributed by atoms with Crippen molar-refractivity contribution in [3.63, 3.8) is 0 Å². The lowest BCUT2D eigenvalue weighted by Crippen LogP contribution is -2.36. The molecule has 0 saturated carbocycles. The highest BCUT2D eigenvalue weighted by molar-refractivity contribution is 7.10. The third-order valence-electron chi connectivity index (χ3n) is 5.16. The highest BCUT2D eigenvalue weighted by Crippen LogP contribution is 2.46. The Kier molecular flexibility index (Phi) is 5.60. The summed E-state index contributed by atoms with van der Waals surface area (Å²) in [5.74, 6) is -0.884. The molecule has 1 atom stereocenters. The van der Waals surface area contributed by atoms with Crippen LogP contribution in [0.15, 0.2) is 53.3 Å². The van der Waals surface area contributed by atoms with Gasteiger partial charge in [-0.05, 0) is 30.3 Å². The first-order valence-corrected chi connectivity index (χ1v) is 10.3. The predicted octanol–water partition coefficient (Wildman–Crippen LogP) is 3.43. The number of hydrogen-bond acceptors (Lipinski definition) is 6. The van der Waals surface area contributed by atoms with Crippen LogP contribution in [0.5, 0.6) is 5.75 Å². The van der Waals surface area contributed by atoms with Gasteiger partial charge in [-0.15, -0.1) is 0 Å². The van der Waals surface area contributed by atoms with Crippen molar-refractivity contribution in [1.29, 1.82) is 0 Å². The number of nitrogens with zero attached hydrogens (tertiary/aromatic N) is 2. The summed E-state index contributed by atoms with van der Waals surface area (Å²) in [6, 6.07) is 12.7. The molecule has 1 aliphatic heterocycles. The maximum atomic E-state index is 13.5. The van der Waals surface area contributed by atoms with E-state index < -0.39 is 22.6 Å². The van der Waals surface area contributed by atoms with Gasteiger partial charge in [0.1, 0.15) is 23.9 Å². The van der Waals surface area contributed by atoms with E-state index in [9.17, 15) is 18.8 Å². The smallest absolute Gasteiger partial charge is 0.325 e. The van der Waals surface area contributed by atoms with Crippen molar-refractivity contribution < 1.29 is 23.5 Å². The number of esters is 1. The van der Waals surface area contributed by atoms with Crippen LogP contribution in [-0.2, 0) is 20.9 Å². The molecule has 9 heteroatoms. The number of anilines is 2. The highest BCUT2D eigenvalue weighted by atomic mass is 32.1. The summed E-state index contributed by atoms with van der Waals surface area (Å²) in [6.07, 6.45) is 0.0862. The zero-order valence-electron chi connectivity index (χ0n) is 16.8. The maximum absolute atomic E-state index is 13.5. The van der Waals surface area contributed by atoms with Crippen molar-refractivity contribution in [3.05, 3.63) is 74.5 Å². The van der Waals surface area contributed by atoms with Crippen LogP contribution in [0.25, 0.3) is 0 Å². The molecule has 2 aromatic carbocycles. The van der Waals surface area contributed by atoms with E-state index in [4.69, 9.17) is 9.47 Å². The van der Waals surface area contributed by atoms with Crippen molar-refractivity contribution in [2.45, 2.75) is 18.9 Å². The van der Waals surface area contributed by atoms with Crippen molar-refractivity contribution >= 4 is 34.7 Å². The van der Waals surface area contributed by atoms with Crippen molar-refractivity contribution in [3.8, 4) is 5.75 Å². The fraction of sp³-hybridized carbons (Fsp3) is 0.227. The molecular weight excluding hydrogens is 423 g/mol. The van der Waals surface area contributed by atoms with Crippen molar-refractivity contribution in [2.75, 3.05) is 19.1 Å². The first-order chi connectivity index (χ1) is 14.9. The zero-order chi connectivity index (χ0) is 22.1. The minimum Gasteiger partial charge on any atom is -0.496 e. The minimum atomic E-state index is -0.617. The van der Waals surface area contributed by atoms with Gasteiger partial charge < -0.3 is 9.47 Å². The van der Waals surface area contributed by atoms with Crippen molar-refractivity contribution in [1.82, 2.24) is 4.57 Å². The molecule has 160 valence electrons. The lowest BCUT2D eigenvalue weighted by atomic mass is 9.89. The zero-order valence-corrected chi connectivity index (χ0v) is 17.6. The quantitative estimate of drug-likeness (QED) is 0.566. The number of rotatable bonds is 5. The number of fused-ring (bicyclic) bond motifs is 1. The summed E-state index contributed by atoms with van der Waals surface area (Å²) in [7, 11) is 2.77. The van der Waals surface area contributed by atoms with Gasteiger partial charge in [-0.25, -0.2) is 4.39 Å². The van der Waals surface area contributed by atoms with Gasteiger partial charge in [0.25, 0.3) is 0 Å². The molecule has 4 rings (SSSR count). The third-order valence-corrected chi connectivity index (χ3v) is 6.25. The number of hydrogen-bond donors (Lipinski definition) is 0. The number of amides is 1. The molecule has 1 aliphatic rings. The number of methoxy groups -OCH3 is 2. The predicted molar refractivity (Wildman–Crippen MR) is 114 cm³/mol. The van der Waals surface area contributed by atoms with E-state index >= 15 is 0 Å². The van der Waals surface area contributed by atoms with Gasteiger partial charge in [0, 0.05) is 17.9 Å². The molecular formula is C22H19FN2O5S. The number of carbonyl (C=O) groups excluding carboxylic acids is 2. The SMILES string of the molecule is COC(=O)Cn1c2c(sc1=O)[C@H](c1ccccc1OC)CC(=O)N2c1ccc(F)cc1. The molecule has 1 amide bonds. The van der Waals surface area contributed by atoms with Gasteiger partial charge in [0.15, 0.2) is 0 Å². The first-order valence-electron chi connectivity index (χ1n) is 9.46. The summed E-state index contributed by atoms with van der Waals surface area (Å²) in [6.45, 7) is -0.342. The van der Waals surface area contributed by atoms with E-state index in [0.717, 1.165) is 16.9 Å². The Balaban J connectivity index is 1.94. The number of para-hydroxylation sites is 1. The number of thiazole rings is 1. The Bertz CT molecular complexity index is 1200. The highest BCUT2D eigenvalue weighted by Gasteiger charge is 2.39. The molecule has 0 radical (unpaired) electrons. The number of halogens is 1. The molecule has 0 spiro atoms. The number of ether oxygens (including phenoxy) is 2. The van der Waals surface area contributed by atoms with E-state index in [-0.39, 0.29) is 18.9 Å². The Morgan fingerprint density at radius 3 is 2.52 bits per heavy atom. The van der Waals surface area contributed by atoms with Gasteiger partial charge in [-0.3, -0.25) is 23.9 Å². The van der Waals surface area contributed by atoms with Gasteiger partial charge in [0.2, 0.25) is 5.91 Å². The third kappa shape index (κ3) is 3.72. The van der Waals surface area contributed by atoms with Crippen LogP contribution in [0, 0.1) is 5.82 Å². The van der Waals surface area contributed by atoms with E-state index in [1.165, 1.54) is 40.8 Å². The molecule has 0 fully saturated rings. The van der Waals surface area contributed by atoms with Crippen LogP contribution in [-0.4, -0.2) is 30.7 Å². The average molecular weight is 442 g/mol. The number of benzene rings is 2. The lowest BCUT2D eigenvalue weighted by molar-refractivity contribution is -0.141.